The highest BCUT2D eigenvalue weighted by atomic mass is 19.1. The van der Waals surface area contributed by atoms with Gasteiger partial charge in [0, 0.05) is 56.4 Å². The van der Waals surface area contributed by atoms with Crippen LogP contribution in [0.1, 0.15) is 33.0 Å². The summed E-state index contributed by atoms with van der Waals surface area (Å²) in [6.07, 6.45) is 0. The lowest BCUT2D eigenvalue weighted by molar-refractivity contribution is -0.135. The van der Waals surface area contributed by atoms with Crippen LogP contribution in [0.4, 0.5) is 10.1 Å². The quantitative estimate of drug-likeness (QED) is 0.541. The van der Waals surface area contributed by atoms with Gasteiger partial charge in [0.25, 0.3) is 5.91 Å². The van der Waals surface area contributed by atoms with Crippen LogP contribution in [-0.2, 0) is 4.79 Å². The van der Waals surface area contributed by atoms with E-state index in [1.54, 1.807) is 4.90 Å². The molecule has 0 saturated carbocycles. The van der Waals surface area contributed by atoms with Crippen LogP contribution in [0.3, 0.4) is 0 Å². The van der Waals surface area contributed by atoms with Crippen molar-refractivity contribution in [2.75, 3.05) is 44.2 Å². The van der Waals surface area contributed by atoms with E-state index in [0.717, 1.165) is 24.2 Å². The van der Waals surface area contributed by atoms with Crippen molar-refractivity contribution in [2.24, 2.45) is 5.92 Å². The maximum atomic E-state index is 13.8. The first kappa shape index (κ1) is 24.0. The summed E-state index contributed by atoms with van der Waals surface area (Å²) in [4.78, 5) is 33.1. The number of likely N-dealkylation sites (tertiary alicyclic amines) is 1. The number of hydrogen-bond acceptors (Lipinski definition) is 3. The van der Waals surface area contributed by atoms with Crippen molar-refractivity contribution < 1.29 is 14.0 Å². The predicted octanol–water partition coefficient (Wildman–Crippen LogP) is 4.65. The number of aryl methyl sites for hydroxylation is 2. The van der Waals surface area contributed by atoms with Crippen LogP contribution in [0.15, 0.2) is 72.8 Å². The molecule has 0 spiro atoms. The fourth-order valence-electron chi connectivity index (χ4n) is 5.47. The van der Waals surface area contributed by atoms with Crippen molar-refractivity contribution >= 4 is 17.5 Å². The molecule has 0 aliphatic carbocycles. The summed E-state index contributed by atoms with van der Waals surface area (Å²) >= 11 is 0. The number of anilines is 1. The van der Waals surface area contributed by atoms with E-state index >= 15 is 0 Å². The monoisotopic (exact) mass is 485 g/mol. The van der Waals surface area contributed by atoms with Crippen LogP contribution < -0.4 is 4.90 Å². The number of nitrogens with zero attached hydrogens (tertiary/aromatic N) is 3. The van der Waals surface area contributed by atoms with Crippen LogP contribution in [0.5, 0.6) is 0 Å². The highest BCUT2D eigenvalue weighted by Gasteiger charge is 2.42. The third-order valence-corrected chi connectivity index (χ3v) is 7.57. The van der Waals surface area contributed by atoms with E-state index in [1.807, 2.05) is 17.9 Å². The molecule has 0 aromatic heterocycles. The molecule has 0 radical (unpaired) electrons. The van der Waals surface area contributed by atoms with Gasteiger partial charge >= 0.3 is 0 Å². The molecule has 0 N–H and O–H groups in total. The molecule has 2 saturated heterocycles. The van der Waals surface area contributed by atoms with Gasteiger partial charge < -0.3 is 14.7 Å². The molecule has 2 atom stereocenters. The van der Waals surface area contributed by atoms with E-state index in [-0.39, 0.29) is 29.5 Å². The van der Waals surface area contributed by atoms with Gasteiger partial charge in [0.2, 0.25) is 5.91 Å². The molecule has 0 unspecified atom stereocenters. The zero-order valence-corrected chi connectivity index (χ0v) is 20.9. The summed E-state index contributed by atoms with van der Waals surface area (Å²) in [5, 5.41) is 0. The fourth-order valence-corrected chi connectivity index (χ4v) is 5.47. The lowest BCUT2D eigenvalue weighted by atomic mass is 9.87. The molecule has 186 valence electrons. The number of para-hydroxylation sites is 1. The van der Waals surface area contributed by atoms with Gasteiger partial charge in [-0.05, 0) is 55.3 Å². The van der Waals surface area contributed by atoms with Crippen molar-refractivity contribution in [2.45, 2.75) is 19.8 Å². The first-order valence-corrected chi connectivity index (χ1v) is 12.6. The highest BCUT2D eigenvalue weighted by molar-refractivity contribution is 5.95. The van der Waals surface area contributed by atoms with E-state index in [2.05, 4.69) is 54.3 Å². The van der Waals surface area contributed by atoms with Crippen molar-refractivity contribution in [1.29, 1.82) is 0 Å². The summed E-state index contributed by atoms with van der Waals surface area (Å²) in [6.45, 7) is 7.90. The minimum Gasteiger partial charge on any atom is -0.368 e. The molecule has 6 heteroatoms. The average Bonchev–Trinajstić information content (AvgIpc) is 3.35. The lowest BCUT2D eigenvalue weighted by Gasteiger charge is -2.38. The number of carbonyl (C=O) groups is 2. The zero-order chi connectivity index (χ0) is 25.2. The maximum Gasteiger partial charge on any atom is 0.253 e. The molecule has 2 aliphatic rings. The first-order chi connectivity index (χ1) is 17.4. The number of halogens is 1. The van der Waals surface area contributed by atoms with E-state index < -0.39 is 0 Å². The van der Waals surface area contributed by atoms with Gasteiger partial charge in [-0.25, -0.2) is 4.39 Å². The van der Waals surface area contributed by atoms with Crippen LogP contribution in [-0.4, -0.2) is 60.9 Å². The average molecular weight is 486 g/mol. The first-order valence-electron chi connectivity index (χ1n) is 12.6. The van der Waals surface area contributed by atoms with Gasteiger partial charge in [-0.1, -0.05) is 48.0 Å². The number of hydrogen-bond donors (Lipinski definition) is 0. The van der Waals surface area contributed by atoms with Crippen molar-refractivity contribution in [3.63, 3.8) is 0 Å². The Kier molecular flexibility index (Phi) is 6.77. The topological polar surface area (TPSA) is 43.9 Å². The largest absolute Gasteiger partial charge is 0.368 e. The second kappa shape index (κ2) is 10.1. The van der Waals surface area contributed by atoms with Crippen LogP contribution in [0, 0.1) is 25.6 Å². The number of benzene rings is 3. The molecule has 2 aliphatic heterocycles. The number of amides is 2. The Hall–Kier alpha value is -3.67. The Balaban J connectivity index is 1.34. The second-order valence-electron chi connectivity index (χ2n) is 9.94. The Morgan fingerprint density at radius 1 is 0.778 bits per heavy atom. The summed E-state index contributed by atoms with van der Waals surface area (Å²) in [6, 6.07) is 22.2. The van der Waals surface area contributed by atoms with Gasteiger partial charge in [-0.2, -0.15) is 0 Å². The minimum atomic E-state index is -0.372. The van der Waals surface area contributed by atoms with Gasteiger partial charge in [-0.3, -0.25) is 9.59 Å². The van der Waals surface area contributed by atoms with E-state index in [0.29, 0.717) is 31.7 Å². The third kappa shape index (κ3) is 4.85. The summed E-state index contributed by atoms with van der Waals surface area (Å²) in [5.41, 5.74) is 5.14. The summed E-state index contributed by atoms with van der Waals surface area (Å²) in [5.74, 6) is -0.798. The van der Waals surface area contributed by atoms with Crippen LogP contribution >= 0.6 is 0 Å². The van der Waals surface area contributed by atoms with Crippen LogP contribution in [0.25, 0.3) is 0 Å². The Morgan fingerprint density at radius 2 is 1.44 bits per heavy atom. The lowest BCUT2D eigenvalue weighted by Crippen LogP contribution is -2.51. The normalized spacial score (nSPS) is 20.0. The highest BCUT2D eigenvalue weighted by Crippen LogP contribution is 2.35. The van der Waals surface area contributed by atoms with E-state index in [4.69, 9.17) is 0 Å². The summed E-state index contributed by atoms with van der Waals surface area (Å²) in [7, 11) is 0. The third-order valence-electron chi connectivity index (χ3n) is 7.57. The van der Waals surface area contributed by atoms with Gasteiger partial charge in [0.1, 0.15) is 5.82 Å². The molecule has 2 amide bonds. The minimum absolute atomic E-state index is 0.0723. The van der Waals surface area contributed by atoms with Crippen LogP contribution in [0.2, 0.25) is 0 Å². The number of piperazine rings is 1. The summed E-state index contributed by atoms with van der Waals surface area (Å²) < 4.78 is 13.4. The standard InChI is InChI=1S/C30H32FN3O2/c1-21-7-9-23(10-8-21)26-19-34(29(35)24-11-13-25(31)14-12-24)20-27(26)30(36)33-17-15-32(16-18-33)28-6-4-3-5-22(28)2/h3-14,26-27H,15-20H2,1-2H3/t26-,27-/m1/s1. The fraction of sp³-hybridized carbons (Fsp3) is 0.333. The molecular weight excluding hydrogens is 453 g/mol. The molecule has 36 heavy (non-hydrogen) atoms. The molecule has 5 nitrogen and oxygen atoms in total. The molecule has 5 rings (SSSR count). The van der Waals surface area contributed by atoms with Crippen molar-refractivity contribution in [3.8, 4) is 0 Å². The Bertz CT molecular complexity index is 1230. The second-order valence-corrected chi connectivity index (χ2v) is 9.94. The number of carbonyl (C=O) groups excluding carboxylic acids is 2. The Morgan fingerprint density at radius 3 is 2.11 bits per heavy atom. The van der Waals surface area contributed by atoms with Crippen molar-refractivity contribution in [1.82, 2.24) is 9.80 Å². The zero-order valence-electron chi connectivity index (χ0n) is 20.9. The van der Waals surface area contributed by atoms with E-state index in [9.17, 15) is 14.0 Å². The molecule has 0 bridgehead atoms. The van der Waals surface area contributed by atoms with Gasteiger partial charge in [0.15, 0.2) is 0 Å². The van der Waals surface area contributed by atoms with Gasteiger partial charge in [-0.15, -0.1) is 0 Å². The Labute approximate surface area is 212 Å². The van der Waals surface area contributed by atoms with Crippen molar-refractivity contribution in [3.05, 3.63) is 101 Å². The maximum absolute atomic E-state index is 13.8. The predicted molar refractivity (Wildman–Crippen MR) is 140 cm³/mol. The molecule has 2 heterocycles. The molecule has 3 aromatic carbocycles. The molecule has 3 aromatic rings. The van der Waals surface area contributed by atoms with E-state index in [1.165, 1.54) is 35.5 Å². The number of rotatable bonds is 4. The van der Waals surface area contributed by atoms with Gasteiger partial charge in [0.05, 0.1) is 5.92 Å². The molecular formula is C30H32FN3O2. The SMILES string of the molecule is Cc1ccc([C@H]2CN(C(=O)c3ccc(F)cc3)C[C@H]2C(=O)N2CCN(c3ccccc3C)CC2)cc1. The smallest absolute Gasteiger partial charge is 0.253 e. The molecule has 2 fully saturated rings.